The quantitative estimate of drug-likeness (QED) is 0.643. The number of carbonyl (C=O) groups is 1. The van der Waals surface area contributed by atoms with Crippen molar-refractivity contribution in [2.45, 2.75) is 18.7 Å². The van der Waals surface area contributed by atoms with Crippen molar-refractivity contribution in [1.29, 1.82) is 5.26 Å². The van der Waals surface area contributed by atoms with Crippen molar-refractivity contribution >= 4 is 17.7 Å². The summed E-state index contributed by atoms with van der Waals surface area (Å²) in [5.74, 6) is -0.432. The first-order valence-corrected chi connectivity index (χ1v) is 5.38. The van der Waals surface area contributed by atoms with Crippen LogP contribution in [-0.4, -0.2) is 17.7 Å². The van der Waals surface area contributed by atoms with E-state index >= 15 is 0 Å². The average molecular weight is 237 g/mol. The number of hydrogen-bond acceptors (Lipinski definition) is 4. The molecule has 0 heterocycles. The fourth-order valence-electron chi connectivity index (χ4n) is 1.38. The maximum Gasteiger partial charge on any atom is 0.341 e. The molecule has 0 aliphatic heterocycles. The lowest BCUT2D eigenvalue weighted by molar-refractivity contribution is -0.139. The molecule has 0 aliphatic rings. The van der Waals surface area contributed by atoms with Gasteiger partial charge < -0.3 is 9.84 Å². The van der Waals surface area contributed by atoms with Crippen LogP contribution in [0.5, 0.6) is 5.75 Å². The van der Waals surface area contributed by atoms with E-state index in [4.69, 9.17) is 15.1 Å². The Kier molecular flexibility index (Phi) is 4.20. The Bertz CT molecular complexity index is 428. The minimum atomic E-state index is -1.01. The zero-order chi connectivity index (χ0) is 12.1. The number of aryl methyl sites for hydroxylation is 2. The lowest BCUT2D eigenvalue weighted by atomic mass is 10.1. The normalized spacial score (nSPS) is 9.56. The van der Waals surface area contributed by atoms with Crippen LogP contribution in [0.25, 0.3) is 0 Å². The van der Waals surface area contributed by atoms with E-state index in [2.05, 4.69) is 0 Å². The molecule has 1 aromatic rings. The van der Waals surface area contributed by atoms with Crippen molar-refractivity contribution in [2.75, 3.05) is 6.61 Å². The number of ether oxygens (including phenoxy) is 1. The number of thioether (sulfide) groups is 1. The Labute approximate surface area is 97.8 Å². The number of thiocyanates is 1. The van der Waals surface area contributed by atoms with Crippen LogP contribution in [0.1, 0.15) is 11.1 Å². The monoisotopic (exact) mass is 237 g/mol. The third kappa shape index (κ3) is 3.17. The third-order valence-corrected chi connectivity index (χ3v) is 2.50. The van der Waals surface area contributed by atoms with Crippen LogP contribution in [0.15, 0.2) is 17.0 Å². The second-order valence-corrected chi connectivity index (χ2v) is 4.12. The molecular formula is C11H11NO3S. The Morgan fingerprint density at radius 2 is 2.06 bits per heavy atom. The highest BCUT2D eigenvalue weighted by Gasteiger charge is 2.08. The molecule has 1 N–H and O–H groups in total. The predicted molar refractivity (Wildman–Crippen MR) is 60.5 cm³/mol. The van der Waals surface area contributed by atoms with Crippen LogP contribution in [0, 0.1) is 24.5 Å². The van der Waals surface area contributed by atoms with E-state index in [9.17, 15) is 4.79 Å². The number of carboxylic acids is 1. The van der Waals surface area contributed by atoms with Gasteiger partial charge in [0, 0.05) is 4.90 Å². The molecular weight excluding hydrogens is 226 g/mol. The fraction of sp³-hybridized carbons (Fsp3) is 0.273. The van der Waals surface area contributed by atoms with E-state index in [1.807, 2.05) is 19.2 Å². The fourth-order valence-corrected chi connectivity index (χ4v) is 1.96. The van der Waals surface area contributed by atoms with Crippen molar-refractivity contribution in [3.63, 3.8) is 0 Å². The molecule has 0 saturated carbocycles. The number of hydrogen-bond donors (Lipinski definition) is 1. The summed E-state index contributed by atoms with van der Waals surface area (Å²) >= 11 is 1.07. The van der Waals surface area contributed by atoms with Gasteiger partial charge in [0.2, 0.25) is 0 Å². The summed E-state index contributed by atoms with van der Waals surface area (Å²) < 4.78 is 5.17. The molecule has 16 heavy (non-hydrogen) atoms. The van der Waals surface area contributed by atoms with Gasteiger partial charge in [0.15, 0.2) is 6.61 Å². The minimum Gasteiger partial charge on any atom is -0.481 e. The van der Waals surface area contributed by atoms with Gasteiger partial charge in [-0.25, -0.2) is 4.79 Å². The maximum atomic E-state index is 10.4. The zero-order valence-electron chi connectivity index (χ0n) is 8.98. The van der Waals surface area contributed by atoms with Crippen molar-refractivity contribution < 1.29 is 14.6 Å². The predicted octanol–water partition coefficient (Wildman–Crippen LogP) is 2.34. The maximum absolute atomic E-state index is 10.4. The summed E-state index contributed by atoms with van der Waals surface area (Å²) in [5.41, 5.74) is 1.66. The van der Waals surface area contributed by atoms with Gasteiger partial charge in [0.1, 0.15) is 11.2 Å². The van der Waals surface area contributed by atoms with Crippen LogP contribution in [0.4, 0.5) is 0 Å². The van der Waals surface area contributed by atoms with Gasteiger partial charge in [0.25, 0.3) is 0 Å². The molecule has 0 aromatic heterocycles. The highest BCUT2D eigenvalue weighted by molar-refractivity contribution is 8.03. The van der Waals surface area contributed by atoms with Gasteiger partial charge in [0.05, 0.1) is 0 Å². The molecule has 4 nitrogen and oxygen atoms in total. The van der Waals surface area contributed by atoms with Crippen molar-refractivity contribution in [2.24, 2.45) is 0 Å². The van der Waals surface area contributed by atoms with Crippen LogP contribution in [0.2, 0.25) is 0 Å². The Morgan fingerprint density at radius 3 is 2.50 bits per heavy atom. The summed E-state index contributed by atoms with van der Waals surface area (Å²) in [6.45, 7) is 3.30. The molecule has 0 atom stereocenters. The van der Waals surface area contributed by atoms with Gasteiger partial charge in [-0.3, -0.25) is 0 Å². The van der Waals surface area contributed by atoms with Gasteiger partial charge in [-0.15, -0.1) is 0 Å². The van der Waals surface area contributed by atoms with Gasteiger partial charge in [-0.05, 0) is 48.9 Å². The summed E-state index contributed by atoms with van der Waals surface area (Å²) in [5, 5.41) is 19.1. The number of carboxylic acid groups (broad SMARTS) is 1. The van der Waals surface area contributed by atoms with E-state index in [-0.39, 0.29) is 6.61 Å². The summed E-state index contributed by atoms with van der Waals surface area (Å²) in [6, 6.07) is 3.61. The molecule has 1 aromatic carbocycles. The molecule has 1 rings (SSSR count). The molecule has 0 fully saturated rings. The second-order valence-electron chi connectivity index (χ2n) is 3.26. The summed E-state index contributed by atoms with van der Waals surface area (Å²) in [7, 11) is 0. The summed E-state index contributed by atoms with van der Waals surface area (Å²) in [4.78, 5) is 11.2. The van der Waals surface area contributed by atoms with Crippen LogP contribution in [0.3, 0.4) is 0 Å². The van der Waals surface area contributed by atoms with Crippen molar-refractivity contribution in [3.8, 4) is 11.2 Å². The van der Waals surface area contributed by atoms with Gasteiger partial charge in [-0.1, -0.05) is 0 Å². The van der Waals surface area contributed by atoms with Crippen LogP contribution >= 0.6 is 11.8 Å². The SMILES string of the molecule is Cc1cc(SC#N)cc(C)c1OCC(=O)O. The van der Waals surface area contributed by atoms with Gasteiger partial charge >= 0.3 is 5.97 Å². The Balaban J connectivity index is 2.94. The van der Waals surface area contributed by atoms with Crippen molar-refractivity contribution in [3.05, 3.63) is 23.3 Å². The first-order chi connectivity index (χ1) is 7.54. The Hall–Kier alpha value is -1.67. The number of benzene rings is 1. The number of nitriles is 1. The van der Waals surface area contributed by atoms with E-state index < -0.39 is 5.97 Å². The topological polar surface area (TPSA) is 70.3 Å². The van der Waals surface area contributed by atoms with Crippen molar-refractivity contribution in [1.82, 2.24) is 0 Å². The number of rotatable bonds is 4. The molecule has 84 valence electrons. The highest BCUT2D eigenvalue weighted by atomic mass is 32.2. The van der Waals surface area contributed by atoms with Crippen LogP contribution in [-0.2, 0) is 4.79 Å². The van der Waals surface area contributed by atoms with E-state index in [0.29, 0.717) is 5.75 Å². The van der Waals surface area contributed by atoms with E-state index in [1.165, 1.54) is 0 Å². The largest absolute Gasteiger partial charge is 0.481 e. The van der Waals surface area contributed by atoms with E-state index in [0.717, 1.165) is 27.8 Å². The van der Waals surface area contributed by atoms with Gasteiger partial charge in [-0.2, -0.15) is 5.26 Å². The molecule has 0 bridgehead atoms. The molecule has 0 aliphatic carbocycles. The summed E-state index contributed by atoms with van der Waals surface area (Å²) in [6.07, 6.45) is 0. The molecule has 0 saturated heterocycles. The zero-order valence-corrected chi connectivity index (χ0v) is 9.80. The molecule has 5 heteroatoms. The molecule has 0 spiro atoms. The standard InChI is InChI=1S/C11H11NO3S/c1-7-3-9(16-6-12)4-8(2)11(7)15-5-10(13)14/h3-4H,5H2,1-2H3,(H,13,14). The number of nitrogens with zero attached hydrogens (tertiary/aromatic N) is 1. The average Bonchev–Trinajstić information content (AvgIpc) is 2.16. The first-order valence-electron chi connectivity index (χ1n) is 4.56. The highest BCUT2D eigenvalue weighted by Crippen LogP contribution is 2.29. The minimum absolute atomic E-state index is 0.355. The third-order valence-electron chi connectivity index (χ3n) is 1.94. The molecule has 0 unspecified atom stereocenters. The molecule has 0 amide bonds. The lowest BCUT2D eigenvalue weighted by Gasteiger charge is -2.11. The van der Waals surface area contributed by atoms with E-state index in [1.54, 1.807) is 12.1 Å². The first kappa shape index (κ1) is 12.4. The smallest absolute Gasteiger partial charge is 0.341 e. The molecule has 0 radical (unpaired) electrons. The lowest BCUT2D eigenvalue weighted by Crippen LogP contribution is -2.10. The van der Waals surface area contributed by atoms with Crippen LogP contribution < -0.4 is 4.74 Å². The second kappa shape index (κ2) is 5.42. The number of aliphatic carboxylic acids is 1. The Morgan fingerprint density at radius 1 is 1.50 bits per heavy atom.